The molecule has 0 unspecified atom stereocenters. The molecule has 3 rings (SSSR count). The minimum absolute atomic E-state index is 0.200. The average molecular weight is 353 g/mol. The first kappa shape index (κ1) is 17.9. The van der Waals surface area contributed by atoms with Crippen molar-refractivity contribution in [2.45, 2.75) is 32.9 Å². The molecule has 0 radical (unpaired) electrons. The van der Waals surface area contributed by atoms with Gasteiger partial charge in [-0.25, -0.2) is 9.48 Å². The summed E-state index contributed by atoms with van der Waals surface area (Å²) in [5, 5.41) is 7.16. The van der Waals surface area contributed by atoms with Gasteiger partial charge in [0.15, 0.2) is 5.65 Å². The molecular formula is C19H23N5O2. The van der Waals surface area contributed by atoms with E-state index >= 15 is 0 Å². The van der Waals surface area contributed by atoms with Crippen LogP contribution < -0.4 is 16.7 Å². The number of nitrogens with one attached hydrogen (secondary N) is 1. The van der Waals surface area contributed by atoms with Crippen LogP contribution in [0.1, 0.15) is 25.8 Å². The van der Waals surface area contributed by atoms with Gasteiger partial charge in [0.05, 0.1) is 12.6 Å². The number of fused-ring (bicyclic) bond motifs is 1. The lowest BCUT2D eigenvalue weighted by Crippen LogP contribution is -2.36. The number of carbonyl (C=O) groups is 1. The summed E-state index contributed by atoms with van der Waals surface area (Å²) in [6.45, 7) is 4.38. The number of aromatic nitrogens is 3. The number of anilines is 1. The van der Waals surface area contributed by atoms with E-state index in [1.54, 1.807) is 24.4 Å². The SMILES string of the molecule is CC(C)C[C@H](N)C(=O)Nc1cccc(Cn2nc3ccccn3c2=O)c1. The minimum atomic E-state index is -0.542. The van der Waals surface area contributed by atoms with Gasteiger partial charge in [-0.15, -0.1) is 5.10 Å². The van der Waals surface area contributed by atoms with Crippen molar-refractivity contribution >= 4 is 17.2 Å². The van der Waals surface area contributed by atoms with Gasteiger partial charge in [-0.2, -0.15) is 0 Å². The number of hydrogen-bond donors (Lipinski definition) is 2. The van der Waals surface area contributed by atoms with E-state index in [9.17, 15) is 9.59 Å². The van der Waals surface area contributed by atoms with Crippen LogP contribution in [0.25, 0.3) is 5.65 Å². The highest BCUT2D eigenvalue weighted by atomic mass is 16.2. The van der Waals surface area contributed by atoms with Crippen molar-refractivity contribution < 1.29 is 4.79 Å². The first-order chi connectivity index (χ1) is 12.4. The predicted octanol–water partition coefficient (Wildman–Crippen LogP) is 1.86. The maximum absolute atomic E-state index is 12.4. The molecule has 0 bridgehead atoms. The van der Waals surface area contributed by atoms with Crippen LogP contribution in [0.5, 0.6) is 0 Å². The molecule has 1 aromatic carbocycles. The summed E-state index contributed by atoms with van der Waals surface area (Å²) in [5.74, 6) is 0.143. The Morgan fingerprint density at radius 3 is 2.77 bits per heavy atom. The van der Waals surface area contributed by atoms with E-state index < -0.39 is 6.04 Å². The van der Waals surface area contributed by atoms with Crippen molar-refractivity contribution in [1.29, 1.82) is 0 Å². The maximum Gasteiger partial charge on any atom is 0.350 e. The van der Waals surface area contributed by atoms with Crippen LogP contribution in [0.15, 0.2) is 53.5 Å². The molecule has 0 aliphatic rings. The van der Waals surface area contributed by atoms with Crippen molar-refractivity contribution in [3.05, 3.63) is 64.7 Å². The normalized spacial score (nSPS) is 12.5. The van der Waals surface area contributed by atoms with Gasteiger partial charge in [0.1, 0.15) is 0 Å². The van der Waals surface area contributed by atoms with Crippen LogP contribution in [0, 0.1) is 5.92 Å². The van der Waals surface area contributed by atoms with E-state index in [0.29, 0.717) is 30.2 Å². The third-order valence-corrected chi connectivity index (χ3v) is 4.08. The number of hydrogen-bond acceptors (Lipinski definition) is 4. The monoisotopic (exact) mass is 353 g/mol. The molecule has 0 spiro atoms. The van der Waals surface area contributed by atoms with E-state index in [4.69, 9.17) is 5.73 Å². The standard InChI is InChI=1S/C19H23N5O2/c1-13(2)10-16(20)18(25)21-15-7-5-6-14(11-15)12-24-19(26)23-9-4-3-8-17(23)22-24/h3-9,11,13,16H,10,12,20H2,1-2H3,(H,21,25)/t16-/m0/s1. The van der Waals surface area contributed by atoms with Crippen molar-refractivity contribution in [2.75, 3.05) is 5.32 Å². The van der Waals surface area contributed by atoms with Crippen molar-refractivity contribution in [2.24, 2.45) is 11.7 Å². The second-order valence-electron chi connectivity index (χ2n) is 6.79. The van der Waals surface area contributed by atoms with Crippen molar-refractivity contribution in [1.82, 2.24) is 14.2 Å². The number of carbonyl (C=O) groups excluding carboxylic acids is 1. The molecule has 3 N–H and O–H groups in total. The zero-order valence-electron chi connectivity index (χ0n) is 14.9. The van der Waals surface area contributed by atoms with Crippen LogP contribution in [-0.4, -0.2) is 26.1 Å². The fraction of sp³-hybridized carbons (Fsp3) is 0.316. The van der Waals surface area contributed by atoms with Crippen LogP contribution >= 0.6 is 0 Å². The first-order valence-electron chi connectivity index (χ1n) is 8.63. The summed E-state index contributed by atoms with van der Waals surface area (Å²) in [6, 6.07) is 12.2. The summed E-state index contributed by atoms with van der Waals surface area (Å²) < 4.78 is 2.90. The van der Waals surface area contributed by atoms with Crippen LogP contribution in [-0.2, 0) is 11.3 Å². The Morgan fingerprint density at radius 2 is 2.04 bits per heavy atom. The Bertz CT molecular complexity index is 973. The van der Waals surface area contributed by atoms with E-state index in [1.165, 1.54) is 9.08 Å². The second kappa shape index (κ2) is 7.53. The van der Waals surface area contributed by atoms with Gasteiger partial charge in [-0.1, -0.05) is 32.0 Å². The molecule has 1 amide bonds. The Balaban J connectivity index is 1.76. The number of pyridine rings is 1. The maximum atomic E-state index is 12.4. The van der Waals surface area contributed by atoms with Crippen molar-refractivity contribution in [3.63, 3.8) is 0 Å². The third-order valence-electron chi connectivity index (χ3n) is 4.08. The van der Waals surface area contributed by atoms with Gasteiger partial charge in [0.25, 0.3) is 0 Å². The Morgan fingerprint density at radius 1 is 1.23 bits per heavy atom. The summed E-state index contributed by atoms with van der Waals surface area (Å²) >= 11 is 0. The Labute approximate surface area is 151 Å². The molecule has 3 aromatic rings. The van der Waals surface area contributed by atoms with E-state index in [1.807, 2.05) is 38.1 Å². The highest BCUT2D eigenvalue weighted by Crippen LogP contribution is 2.13. The number of nitrogens with zero attached hydrogens (tertiary/aromatic N) is 3. The molecule has 136 valence electrons. The van der Waals surface area contributed by atoms with E-state index in [-0.39, 0.29) is 11.6 Å². The second-order valence-corrected chi connectivity index (χ2v) is 6.79. The number of benzene rings is 1. The summed E-state index contributed by atoms with van der Waals surface area (Å²) in [5.41, 5.74) is 7.84. The van der Waals surface area contributed by atoms with Gasteiger partial charge < -0.3 is 11.1 Å². The summed E-state index contributed by atoms with van der Waals surface area (Å²) in [4.78, 5) is 24.5. The molecule has 7 nitrogen and oxygen atoms in total. The smallest absolute Gasteiger partial charge is 0.325 e. The zero-order chi connectivity index (χ0) is 18.7. The molecule has 2 aromatic heterocycles. The largest absolute Gasteiger partial charge is 0.350 e. The highest BCUT2D eigenvalue weighted by molar-refractivity contribution is 5.94. The lowest BCUT2D eigenvalue weighted by Gasteiger charge is -2.14. The lowest BCUT2D eigenvalue weighted by molar-refractivity contribution is -0.117. The average Bonchev–Trinajstić information content (AvgIpc) is 2.91. The lowest BCUT2D eigenvalue weighted by atomic mass is 10.0. The summed E-state index contributed by atoms with van der Waals surface area (Å²) in [6.07, 6.45) is 2.32. The molecule has 0 fully saturated rings. The minimum Gasteiger partial charge on any atom is -0.325 e. The molecule has 2 heterocycles. The van der Waals surface area contributed by atoms with Gasteiger partial charge >= 0.3 is 5.69 Å². The summed E-state index contributed by atoms with van der Waals surface area (Å²) in [7, 11) is 0. The molecular weight excluding hydrogens is 330 g/mol. The highest BCUT2D eigenvalue weighted by Gasteiger charge is 2.15. The van der Waals surface area contributed by atoms with E-state index in [0.717, 1.165) is 5.56 Å². The van der Waals surface area contributed by atoms with Gasteiger partial charge in [-0.3, -0.25) is 9.20 Å². The molecule has 1 atom stereocenters. The number of amides is 1. The van der Waals surface area contributed by atoms with E-state index in [2.05, 4.69) is 10.4 Å². The Kier molecular flexibility index (Phi) is 5.18. The van der Waals surface area contributed by atoms with Gasteiger partial charge in [0.2, 0.25) is 5.91 Å². The van der Waals surface area contributed by atoms with Crippen LogP contribution in [0.4, 0.5) is 5.69 Å². The molecule has 7 heteroatoms. The molecule has 0 aliphatic carbocycles. The third kappa shape index (κ3) is 4.00. The molecule has 26 heavy (non-hydrogen) atoms. The zero-order valence-corrected chi connectivity index (χ0v) is 14.9. The molecule has 0 saturated heterocycles. The number of rotatable bonds is 6. The number of nitrogens with two attached hydrogens (primary N) is 1. The fourth-order valence-corrected chi connectivity index (χ4v) is 2.84. The topological polar surface area (TPSA) is 94.4 Å². The van der Waals surface area contributed by atoms with Gasteiger partial charge in [-0.05, 0) is 42.2 Å². The first-order valence-corrected chi connectivity index (χ1v) is 8.63. The van der Waals surface area contributed by atoms with Crippen LogP contribution in [0.3, 0.4) is 0 Å². The molecule has 0 saturated carbocycles. The van der Waals surface area contributed by atoms with Crippen LogP contribution in [0.2, 0.25) is 0 Å². The fourth-order valence-electron chi connectivity index (χ4n) is 2.84. The quantitative estimate of drug-likeness (QED) is 0.707. The molecule has 0 aliphatic heterocycles. The van der Waals surface area contributed by atoms with Crippen molar-refractivity contribution in [3.8, 4) is 0 Å². The predicted molar refractivity (Wildman–Crippen MR) is 101 cm³/mol. The van der Waals surface area contributed by atoms with Gasteiger partial charge in [0, 0.05) is 11.9 Å². The Hall–Kier alpha value is -2.93.